The Kier molecular flexibility index (Phi) is 5.57. The van der Waals surface area contributed by atoms with Crippen molar-refractivity contribution in [3.8, 4) is 0 Å². The van der Waals surface area contributed by atoms with Crippen LogP contribution in [0.3, 0.4) is 0 Å². The molecular formula is C16H21BrN4O3S. The summed E-state index contributed by atoms with van der Waals surface area (Å²) in [6.07, 6.45) is 0. The summed E-state index contributed by atoms with van der Waals surface area (Å²) in [7, 11) is -3.46. The van der Waals surface area contributed by atoms with E-state index in [2.05, 4.69) is 31.0 Å². The lowest BCUT2D eigenvalue weighted by Crippen LogP contribution is -2.48. The van der Waals surface area contributed by atoms with Crippen LogP contribution in [0.1, 0.15) is 31.5 Å². The molecule has 1 aliphatic rings. The number of benzene rings is 1. The third-order valence-electron chi connectivity index (χ3n) is 4.10. The van der Waals surface area contributed by atoms with Gasteiger partial charge in [-0.2, -0.15) is 4.31 Å². The predicted molar refractivity (Wildman–Crippen MR) is 96.6 cm³/mol. The molecule has 0 saturated carbocycles. The van der Waals surface area contributed by atoms with Crippen molar-refractivity contribution in [1.29, 1.82) is 0 Å². The first-order chi connectivity index (χ1) is 11.9. The molecule has 2 aromatic rings. The van der Waals surface area contributed by atoms with Crippen LogP contribution in [-0.2, 0) is 16.6 Å². The highest BCUT2D eigenvalue weighted by molar-refractivity contribution is 9.10. The summed E-state index contributed by atoms with van der Waals surface area (Å²) in [5.74, 6) is 1.41. The highest BCUT2D eigenvalue weighted by Gasteiger charge is 2.29. The lowest BCUT2D eigenvalue weighted by molar-refractivity contribution is 0.167. The fourth-order valence-electron chi connectivity index (χ4n) is 2.66. The molecule has 0 radical (unpaired) electrons. The maximum atomic E-state index is 12.7. The fraction of sp³-hybridized carbons (Fsp3) is 0.500. The molecule has 1 saturated heterocycles. The summed E-state index contributed by atoms with van der Waals surface area (Å²) in [4.78, 5) is 2.44. The summed E-state index contributed by atoms with van der Waals surface area (Å²) < 4.78 is 33.4. The monoisotopic (exact) mass is 428 g/mol. The van der Waals surface area contributed by atoms with Crippen LogP contribution in [0.15, 0.2) is 38.1 Å². The molecule has 0 spiro atoms. The van der Waals surface area contributed by atoms with Crippen molar-refractivity contribution >= 4 is 26.0 Å². The van der Waals surface area contributed by atoms with E-state index in [1.807, 2.05) is 19.9 Å². The Hall–Kier alpha value is -1.29. The van der Waals surface area contributed by atoms with Gasteiger partial charge in [0, 0.05) is 36.6 Å². The Morgan fingerprint density at radius 2 is 1.92 bits per heavy atom. The molecule has 1 fully saturated rings. The van der Waals surface area contributed by atoms with Gasteiger partial charge in [-0.3, -0.25) is 4.90 Å². The first-order valence-corrected chi connectivity index (χ1v) is 10.4. The summed E-state index contributed by atoms with van der Waals surface area (Å²) in [5.41, 5.74) is 0. The lowest BCUT2D eigenvalue weighted by Gasteiger charge is -2.33. The molecule has 25 heavy (non-hydrogen) atoms. The molecule has 9 heteroatoms. The van der Waals surface area contributed by atoms with Gasteiger partial charge in [0.25, 0.3) is 0 Å². The van der Waals surface area contributed by atoms with Crippen LogP contribution in [0.2, 0.25) is 0 Å². The van der Waals surface area contributed by atoms with Crippen LogP contribution in [0.5, 0.6) is 0 Å². The van der Waals surface area contributed by atoms with Gasteiger partial charge in [-0.25, -0.2) is 8.42 Å². The molecule has 3 rings (SSSR count). The maximum Gasteiger partial charge on any atom is 0.243 e. The number of nitrogens with zero attached hydrogens (tertiary/aromatic N) is 4. The third-order valence-corrected chi connectivity index (χ3v) is 6.49. The standard InChI is InChI=1S/C16H21BrN4O3S/c1-12(2)16-19-18-15(24-16)11-20-6-8-21(9-7-20)25(22,23)14-5-3-4-13(17)10-14/h3-5,10,12H,6-9,11H2,1-2H3. The molecule has 1 aromatic heterocycles. The molecule has 0 atom stereocenters. The second-order valence-corrected chi connectivity index (χ2v) is 9.18. The highest BCUT2D eigenvalue weighted by atomic mass is 79.9. The summed E-state index contributed by atoms with van der Waals surface area (Å²) in [5, 5.41) is 8.09. The molecule has 2 heterocycles. The van der Waals surface area contributed by atoms with Crippen LogP contribution in [0, 0.1) is 0 Å². The van der Waals surface area contributed by atoms with E-state index in [1.165, 1.54) is 4.31 Å². The largest absolute Gasteiger partial charge is 0.424 e. The van der Waals surface area contributed by atoms with Gasteiger partial charge in [-0.1, -0.05) is 35.8 Å². The minimum atomic E-state index is -3.46. The lowest BCUT2D eigenvalue weighted by atomic mass is 10.2. The number of halogens is 1. The topological polar surface area (TPSA) is 79.5 Å². The van der Waals surface area contributed by atoms with Crippen molar-refractivity contribution in [1.82, 2.24) is 19.4 Å². The van der Waals surface area contributed by atoms with E-state index in [0.29, 0.717) is 49.4 Å². The Bertz CT molecular complexity index is 829. The van der Waals surface area contributed by atoms with E-state index in [4.69, 9.17) is 4.42 Å². The fourth-order valence-corrected chi connectivity index (χ4v) is 4.68. The Balaban J connectivity index is 1.61. The minimum Gasteiger partial charge on any atom is -0.424 e. The average molecular weight is 429 g/mol. The Labute approximate surface area is 156 Å². The summed E-state index contributed by atoms with van der Waals surface area (Å²) in [6.45, 7) is 6.70. The molecule has 0 aliphatic carbocycles. The van der Waals surface area contributed by atoms with Crippen molar-refractivity contribution in [3.63, 3.8) is 0 Å². The molecular weight excluding hydrogens is 408 g/mol. The minimum absolute atomic E-state index is 0.202. The average Bonchev–Trinajstić information content (AvgIpc) is 3.04. The van der Waals surface area contributed by atoms with Gasteiger partial charge in [-0.05, 0) is 18.2 Å². The van der Waals surface area contributed by atoms with E-state index in [0.717, 1.165) is 4.47 Å². The number of hydrogen-bond donors (Lipinski definition) is 0. The number of rotatable bonds is 5. The van der Waals surface area contributed by atoms with Gasteiger partial charge >= 0.3 is 0 Å². The third kappa shape index (κ3) is 4.28. The highest BCUT2D eigenvalue weighted by Crippen LogP contribution is 2.21. The molecule has 1 aromatic carbocycles. The first kappa shape index (κ1) is 18.5. The van der Waals surface area contributed by atoms with E-state index in [-0.39, 0.29) is 5.92 Å². The van der Waals surface area contributed by atoms with Gasteiger partial charge in [-0.15, -0.1) is 10.2 Å². The molecule has 0 unspecified atom stereocenters. The quantitative estimate of drug-likeness (QED) is 0.727. The smallest absolute Gasteiger partial charge is 0.243 e. The van der Waals surface area contributed by atoms with Crippen LogP contribution < -0.4 is 0 Å². The maximum absolute atomic E-state index is 12.7. The zero-order chi connectivity index (χ0) is 18.0. The van der Waals surface area contributed by atoms with Crippen LogP contribution in [0.4, 0.5) is 0 Å². The van der Waals surface area contributed by atoms with Crippen molar-refractivity contribution in [2.45, 2.75) is 31.2 Å². The van der Waals surface area contributed by atoms with Crippen molar-refractivity contribution < 1.29 is 12.8 Å². The van der Waals surface area contributed by atoms with Crippen LogP contribution in [0.25, 0.3) is 0 Å². The number of sulfonamides is 1. The van der Waals surface area contributed by atoms with E-state index in [1.54, 1.807) is 18.2 Å². The second kappa shape index (κ2) is 7.53. The molecule has 1 aliphatic heterocycles. The van der Waals surface area contributed by atoms with Crippen LogP contribution in [-0.4, -0.2) is 54.0 Å². The Morgan fingerprint density at radius 1 is 1.20 bits per heavy atom. The van der Waals surface area contributed by atoms with Gasteiger partial charge in [0.05, 0.1) is 11.4 Å². The zero-order valence-corrected chi connectivity index (χ0v) is 16.6. The van der Waals surface area contributed by atoms with Gasteiger partial charge in [0.2, 0.25) is 21.8 Å². The summed E-state index contributed by atoms with van der Waals surface area (Å²) >= 11 is 3.32. The number of hydrogen-bond acceptors (Lipinski definition) is 6. The number of aromatic nitrogens is 2. The van der Waals surface area contributed by atoms with E-state index < -0.39 is 10.0 Å². The van der Waals surface area contributed by atoms with Gasteiger partial charge in [0.15, 0.2) is 0 Å². The zero-order valence-electron chi connectivity index (χ0n) is 14.2. The molecule has 7 nitrogen and oxygen atoms in total. The molecule has 0 N–H and O–H groups in total. The predicted octanol–water partition coefficient (Wildman–Crippen LogP) is 2.46. The molecule has 0 amide bonds. The molecule has 0 bridgehead atoms. The summed E-state index contributed by atoms with van der Waals surface area (Å²) in [6, 6.07) is 6.80. The van der Waals surface area contributed by atoms with Gasteiger partial charge < -0.3 is 4.42 Å². The van der Waals surface area contributed by atoms with Crippen LogP contribution >= 0.6 is 15.9 Å². The first-order valence-electron chi connectivity index (χ1n) is 8.16. The second-order valence-electron chi connectivity index (χ2n) is 6.33. The Morgan fingerprint density at radius 3 is 2.52 bits per heavy atom. The SMILES string of the molecule is CC(C)c1nnc(CN2CCN(S(=O)(=O)c3cccc(Br)c3)CC2)o1. The van der Waals surface area contributed by atoms with Crippen molar-refractivity contribution in [2.75, 3.05) is 26.2 Å². The van der Waals surface area contributed by atoms with Crippen molar-refractivity contribution in [2.24, 2.45) is 0 Å². The van der Waals surface area contributed by atoms with E-state index in [9.17, 15) is 8.42 Å². The molecule has 136 valence electrons. The van der Waals surface area contributed by atoms with Gasteiger partial charge in [0.1, 0.15) is 0 Å². The van der Waals surface area contributed by atoms with E-state index >= 15 is 0 Å². The van der Waals surface area contributed by atoms with Crippen molar-refractivity contribution in [3.05, 3.63) is 40.5 Å². The number of piperazine rings is 1. The normalized spacial score (nSPS) is 17.3.